The number of benzene rings is 2. The van der Waals surface area contributed by atoms with Crippen molar-refractivity contribution in [3.63, 3.8) is 0 Å². The van der Waals surface area contributed by atoms with E-state index in [1.807, 2.05) is 31.2 Å². The zero-order valence-electron chi connectivity index (χ0n) is 17.1. The number of para-hydroxylation sites is 2. The summed E-state index contributed by atoms with van der Waals surface area (Å²) >= 11 is 0. The molecule has 0 saturated carbocycles. The summed E-state index contributed by atoms with van der Waals surface area (Å²) in [5, 5.41) is 0. The van der Waals surface area contributed by atoms with Crippen LogP contribution in [0.5, 0.6) is 0 Å². The number of nitrogens with zero attached hydrogens (tertiary/aromatic N) is 4. The first-order valence-corrected chi connectivity index (χ1v) is 11.0. The second-order valence-corrected chi connectivity index (χ2v) is 8.27. The van der Waals surface area contributed by atoms with Gasteiger partial charge in [0.1, 0.15) is 6.17 Å². The quantitative estimate of drug-likeness (QED) is 0.651. The second kappa shape index (κ2) is 8.34. The van der Waals surface area contributed by atoms with Crippen molar-refractivity contribution in [2.24, 2.45) is 0 Å². The normalized spacial score (nSPS) is 14.0. The lowest BCUT2D eigenvalue weighted by atomic mass is 10.2. The molecule has 0 bridgehead atoms. The van der Waals surface area contributed by atoms with E-state index in [-0.39, 0.29) is 4.90 Å². The standard InChI is InChI=1S/C14H18N4.C7H8O3S/c1-4-17-10(3)18(5-2)14-13(17)15-11-8-6-7-9-12(11)16-14;1-6-2-4-7(5-3-6)11(8,9)10/h6-10H,4-5H2,1-3H3;2-5H,1H3,(H,8,9,10). The number of fused-ring (bicyclic) bond motifs is 2. The minimum Gasteiger partial charge on any atom is -0.334 e. The number of hydrogen-bond acceptors (Lipinski definition) is 6. The third-order valence-electron chi connectivity index (χ3n) is 4.98. The van der Waals surface area contributed by atoms with Crippen molar-refractivity contribution in [1.29, 1.82) is 0 Å². The maximum absolute atomic E-state index is 10.5. The van der Waals surface area contributed by atoms with Crippen LogP contribution in [-0.2, 0) is 10.1 Å². The molecule has 8 heteroatoms. The van der Waals surface area contributed by atoms with Gasteiger partial charge < -0.3 is 9.80 Å². The molecule has 0 saturated heterocycles. The van der Waals surface area contributed by atoms with Gasteiger partial charge in [0.05, 0.1) is 15.9 Å². The molecule has 1 aromatic heterocycles. The van der Waals surface area contributed by atoms with Gasteiger partial charge in [-0.3, -0.25) is 4.55 Å². The van der Waals surface area contributed by atoms with Crippen LogP contribution in [-0.4, -0.2) is 42.2 Å². The van der Waals surface area contributed by atoms with Gasteiger partial charge in [-0.2, -0.15) is 8.42 Å². The summed E-state index contributed by atoms with van der Waals surface area (Å²) in [5.74, 6) is 2.04. The van der Waals surface area contributed by atoms with E-state index in [1.165, 1.54) is 12.1 Å². The average Bonchev–Trinajstić information content (AvgIpc) is 2.95. The smallest absolute Gasteiger partial charge is 0.294 e. The predicted molar refractivity (Wildman–Crippen MR) is 116 cm³/mol. The molecule has 1 aliphatic rings. The highest BCUT2D eigenvalue weighted by Gasteiger charge is 2.33. The third-order valence-corrected chi connectivity index (χ3v) is 5.85. The Hall–Kier alpha value is -2.71. The number of anilines is 2. The summed E-state index contributed by atoms with van der Waals surface area (Å²) < 4.78 is 29.6. The Morgan fingerprint density at radius 1 is 0.897 bits per heavy atom. The Bertz CT molecular complexity index is 1050. The molecule has 0 aliphatic carbocycles. The van der Waals surface area contributed by atoms with Crippen molar-refractivity contribution in [2.45, 2.75) is 38.8 Å². The van der Waals surface area contributed by atoms with Crippen LogP contribution in [0.15, 0.2) is 53.4 Å². The Morgan fingerprint density at radius 2 is 1.34 bits per heavy atom. The molecule has 0 fully saturated rings. The topological polar surface area (TPSA) is 86.6 Å². The van der Waals surface area contributed by atoms with E-state index < -0.39 is 10.1 Å². The maximum atomic E-state index is 10.5. The van der Waals surface area contributed by atoms with Crippen LogP contribution in [0, 0.1) is 6.92 Å². The molecule has 4 rings (SSSR count). The van der Waals surface area contributed by atoms with Gasteiger partial charge in [-0.05, 0) is 52.0 Å². The van der Waals surface area contributed by atoms with Crippen molar-refractivity contribution in [1.82, 2.24) is 9.97 Å². The Morgan fingerprint density at radius 3 is 1.72 bits per heavy atom. The summed E-state index contributed by atoms with van der Waals surface area (Å²) in [7, 11) is -4.02. The maximum Gasteiger partial charge on any atom is 0.294 e. The lowest BCUT2D eigenvalue weighted by Gasteiger charge is -2.26. The van der Waals surface area contributed by atoms with Crippen LogP contribution in [0.1, 0.15) is 26.3 Å². The van der Waals surface area contributed by atoms with Gasteiger partial charge in [-0.15, -0.1) is 0 Å². The van der Waals surface area contributed by atoms with E-state index in [9.17, 15) is 8.42 Å². The van der Waals surface area contributed by atoms with Crippen LogP contribution in [0.3, 0.4) is 0 Å². The first-order chi connectivity index (χ1) is 13.8. The van der Waals surface area contributed by atoms with E-state index in [2.05, 4.69) is 30.6 Å². The van der Waals surface area contributed by atoms with Crippen molar-refractivity contribution in [3.05, 3.63) is 54.1 Å². The largest absolute Gasteiger partial charge is 0.334 e. The lowest BCUT2D eigenvalue weighted by Crippen LogP contribution is -2.40. The molecule has 3 aromatic rings. The monoisotopic (exact) mass is 414 g/mol. The fourth-order valence-electron chi connectivity index (χ4n) is 3.43. The minimum atomic E-state index is -4.02. The van der Waals surface area contributed by atoms with Gasteiger partial charge in [-0.1, -0.05) is 29.8 Å². The molecular weight excluding hydrogens is 388 g/mol. The van der Waals surface area contributed by atoms with Gasteiger partial charge in [-0.25, -0.2) is 9.97 Å². The van der Waals surface area contributed by atoms with Gasteiger partial charge in [0, 0.05) is 13.1 Å². The van der Waals surface area contributed by atoms with E-state index in [1.54, 1.807) is 12.1 Å². The molecule has 1 N–H and O–H groups in total. The van der Waals surface area contributed by atoms with Crippen molar-refractivity contribution in [2.75, 3.05) is 22.9 Å². The van der Waals surface area contributed by atoms with Crippen molar-refractivity contribution >= 4 is 32.8 Å². The molecular formula is C21H26N4O3S. The number of rotatable bonds is 3. The number of aromatic nitrogens is 2. The summed E-state index contributed by atoms with van der Waals surface area (Å²) in [6.07, 6.45) is 0.340. The average molecular weight is 415 g/mol. The molecule has 154 valence electrons. The summed E-state index contributed by atoms with van der Waals surface area (Å²) in [5.41, 5.74) is 2.90. The van der Waals surface area contributed by atoms with Crippen LogP contribution < -0.4 is 9.80 Å². The van der Waals surface area contributed by atoms with Crippen LogP contribution in [0.2, 0.25) is 0 Å². The SMILES string of the molecule is CCN1c2nc3ccccc3nc2N(CC)C1C.Cc1ccc(S(=O)(=O)O)cc1. The molecule has 0 atom stereocenters. The van der Waals surface area contributed by atoms with Crippen LogP contribution in [0.25, 0.3) is 11.0 Å². The van der Waals surface area contributed by atoms with Crippen LogP contribution >= 0.6 is 0 Å². The summed E-state index contributed by atoms with van der Waals surface area (Å²) in [6.45, 7) is 10.3. The zero-order chi connectivity index (χ0) is 21.2. The molecule has 0 amide bonds. The fraction of sp³-hybridized carbons (Fsp3) is 0.333. The van der Waals surface area contributed by atoms with E-state index in [0.29, 0.717) is 6.17 Å². The molecule has 0 unspecified atom stereocenters. The highest BCUT2D eigenvalue weighted by Crippen LogP contribution is 2.37. The van der Waals surface area contributed by atoms with Gasteiger partial charge >= 0.3 is 0 Å². The minimum absolute atomic E-state index is 0.0666. The fourth-order valence-corrected chi connectivity index (χ4v) is 3.91. The first kappa shape index (κ1) is 21.0. The first-order valence-electron chi connectivity index (χ1n) is 9.60. The molecule has 1 aliphatic heterocycles. The van der Waals surface area contributed by atoms with Gasteiger partial charge in [0.2, 0.25) is 0 Å². The molecule has 29 heavy (non-hydrogen) atoms. The Kier molecular flexibility index (Phi) is 6.04. The number of hydrogen-bond donors (Lipinski definition) is 1. The molecule has 0 spiro atoms. The van der Waals surface area contributed by atoms with Crippen molar-refractivity contribution < 1.29 is 13.0 Å². The highest BCUT2D eigenvalue weighted by atomic mass is 32.2. The second-order valence-electron chi connectivity index (χ2n) is 6.85. The van der Waals surface area contributed by atoms with Gasteiger partial charge in [0.15, 0.2) is 11.6 Å². The molecule has 2 heterocycles. The molecule has 7 nitrogen and oxygen atoms in total. The summed E-state index contributed by atoms with van der Waals surface area (Å²) in [6, 6.07) is 14.1. The summed E-state index contributed by atoms with van der Waals surface area (Å²) in [4.78, 5) is 14.1. The van der Waals surface area contributed by atoms with Crippen molar-refractivity contribution in [3.8, 4) is 0 Å². The van der Waals surface area contributed by atoms with E-state index >= 15 is 0 Å². The third kappa shape index (κ3) is 4.33. The lowest BCUT2D eigenvalue weighted by molar-refractivity contribution is 0.483. The highest BCUT2D eigenvalue weighted by molar-refractivity contribution is 7.85. The van der Waals surface area contributed by atoms with E-state index in [4.69, 9.17) is 14.5 Å². The number of aryl methyl sites for hydroxylation is 1. The Balaban J connectivity index is 0.000000188. The Labute approximate surface area is 171 Å². The molecule has 2 aromatic carbocycles. The predicted octanol–water partition coefficient (Wildman–Crippen LogP) is 3.88. The van der Waals surface area contributed by atoms with Crippen LogP contribution in [0.4, 0.5) is 11.6 Å². The van der Waals surface area contributed by atoms with E-state index in [0.717, 1.165) is 41.3 Å². The molecule has 0 radical (unpaired) electrons. The van der Waals surface area contributed by atoms with Gasteiger partial charge in [0.25, 0.3) is 10.1 Å². The zero-order valence-corrected chi connectivity index (χ0v) is 17.9.